The summed E-state index contributed by atoms with van der Waals surface area (Å²) in [6.45, 7) is 4.76. The van der Waals surface area contributed by atoms with Crippen molar-refractivity contribution in [2.24, 2.45) is 0 Å². The van der Waals surface area contributed by atoms with E-state index in [1.165, 1.54) is 5.56 Å². The van der Waals surface area contributed by atoms with Gasteiger partial charge in [-0.1, -0.05) is 23.7 Å². The van der Waals surface area contributed by atoms with Gasteiger partial charge in [0.05, 0.1) is 6.10 Å². The van der Waals surface area contributed by atoms with Gasteiger partial charge < -0.3 is 15.4 Å². The van der Waals surface area contributed by atoms with Gasteiger partial charge >= 0.3 is 0 Å². The van der Waals surface area contributed by atoms with Crippen LogP contribution >= 0.6 is 11.6 Å². The zero-order chi connectivity index (χ0) is 19.1. The number of rotatable bonds is 8. The van der Waals surface area contributed by atoms with E-state index in [-0.39, 0.29) is 6.10 Å². The minimum atomic E-state index is 0.159. The van der Waals surface area contributed by atoms with E-state index in [2.05, 4.69) is 20.6 Å². The van der Waals surface area contributed by atoms with Crippen LogP contribution in [0.25, 0.3) is 0 Å². The maximum atomic E-state index is 5.91. The molecule has 27 heavy (non-hydrogen) atoms. The molecule has 0 aliphatic rings. The zero-order valence-electron chi connectivity index (χ0n) is 15.4. The number of nitrogens with zero attached hydrogens (tertiary/aromatic N) is 2. The van der Waals surface area contributed by atoms with Crippen molar-refractivity contribution in [1.29, 1.82) is 0 Å². The van der Waals surface area contributed by atoms with E-state index in [1.807, 2.05) is 68.4 Å². The molecular formula is C21H23ClN4O. The van der Waals surface area contributed by atoms with E-state index in [9.17, 15) is 0 Å². The molecule has 5 nitrogen and oxygen atoms in total. The average Bonchev–Trinajstić information content (AvgIpc) is 2.65. The molecule has 2 N–H and O–H groups in total. The first-order valence-electron chi connectivity index (χ1n) is 8.93. The summed E-state index contributed by atoms with van der Waals surface area (Å²) in [5.41, 5.74) is 2.15. The summed E-state index contributed by atoms with van der Waals surface area (Å²) in [4.78, 5) is 8.77. The van der Waals surface area contributed by atoms with Crippen LogP contribution in [-0.2, 0) is 6.42 Å². The molecule has 3 aromatic rings. The first-order valence-corrected chi connectivity index (χ1v) is 9.31. The van der Waals surface area contributed by atoms with Gasteiger partial charge in [0.15, 0.2) is 0 Å². The quantitative estimate of drug-likeness (QED) is 0.552. The van der Waals surface area contributed by atoms with Crippen LogP contribution in [0.15, 0.2) is 60.8 Å². The fourth-order valence-electron chi connectivity index (χ4n) is 2.52. The third-order valence-corrected chi connectivity index (χ3v) is 4.02. The number of hydrogen-bond donors (Lipinski definition) is 2. The van der Waals surface area contributed by atoms with Gasteiger partial charge in [-0.3, -0.25) is 0 Å². The van der Waals surface area contributed by atoms with Crippen molar-refractivity contribution in [1.82, 2.24) is 9.97 Å². The number of benzene rings is 2. The Hall–Kier alpha value is -2.79. The Morgan fingerprint density at radius 3 is 2.44 bits per heavy atom. The van der Waals surface area contributed by atoms with Gasteiger partial charge in [-0.2, -0.15) is 4.98 Å². The number of aromatic nitrogens is 2. The van der Waals surface area contributed by atoms with E-state index in [1.54, 1.807) is 6.20 Å². The molecule has 0 unspecified atom stereocenters. The summed E-state index contributed by atoms with van der Waals surface area (Å²) in [7, 11) is 0. The Morgan fingerprint density at radius 2 is 1.74 bits per heavy atom. The lowest BCUT2D eigenvalue weighted by Crippen LogP contribution is -2.08. The van der Waals surface area contributed by atoms with E-state index in [0.717, 1.165) is 35.2 Å². The molecule has 0 saturated heterocycles. The van der Waals surface area contributed by atoms with E-state index in [4.69, 9.17) is 16.3 Å². The van der Waals surface area contributed by atoms with Crippen molar-refractivity contribution in [2.45, 2.75) is 26.4 Å². The van der Waals surface area contributed by atoms with E-state index >= 15 is 0 Å². The third kappa shape index (κ3) is 6.15. The lowest BCUT2D eigenvalue weighted by atomic mass is 10.1. The number of hydrogen-bond acceptors (Lipinski definition) is 5. The Bertz CT molecular complexity index is 851. The number of halogens is 1. The molecule has 1 aromatic heterocycles. The van der Waals surface area contributed by atoms with Crippen LogP contribution in [0, 0.1) is 0 Å². The van der Waals surface area contributed by atoms with E-state index < -0.39 is 0 Å². The maximum Gasteiger partial charge on any atom is 0.224 e. The summed E-state index contributed by atoms with van der Waals surface area (Å²) in [6.07, 6.45) is 2.76. The fourth-order valence-corrected chi connectivity index (χ4v) is 2.65. The summed E-state index contributed by atoms with van der Waals surface area (Å²) in [5, 5.41) is 7.28. The van der Waals surface area contributed by atoms with Crippen molar-refractivity contribution in [3.8, 4) is 5.75 Å². The van der Waals surface area contributed by atoms with Crippen molar-refractivity contribution in [3.05, 3.63) is 71.4 Å². The third-order valence-electron chi connectivity index (χ3n) is 3.76. The topological polar surface area (TPSA) is 59.1 Å². The molecule has 0 atom stereocenters. The van der Waals surface area contributed by atoms with Gasteiger partial charge in [0, 0.05) is 23.5 Å². The largest absolute Gasteiger partial charge is 0.491 e. The molecule has 1 heterocycles. The number of anilines is 3. The summed E-state index contributed by atoms with van der Waals surface area (Å²) in [5.74, 6) is 2.17. The monoisotopic (exact) mass is 382 g/mol. The van der Waals surface area contributed by atoms with Gasteiger partial charge in [-0.15, -0.1) is 0 Å². The molecule has 0 aliphatic heterocycles. The number of ether oxygens (including phenoxy) is 1. The van der Waals surface area contributed by atoms with Gasteiger partial charge in [-0.05, 0) is 68.3 Å². The molecular weight excluding hydrogens is 360 g/mol. The summed E-state index contributed by atoms with van der Waals surface area (Å²) in [6, 6.07) is 17.5. The second-order valence-corrected chi connectivity index (χ2v) is 6.82. The number of nitrogens with one attached hydrogen (secondary N) is 2. The molecule has 0 amide bonds. The molecule has 6 heteroatoms. The first-order chi connectivity index (χ1) is 13.1. The van der Waals surface area contributed by atoms with Crippen LogP contribution in [0.3, 0.4) is 0 Å². The Kier molecular flexibility index (Phi) is 6.49. The minimum Gasteiger partial charge on any atom is -0.491 e. The zero-order valence-corrected chi connectivity index (χ0v) is 16.2. The normalized spacial score (nSPS) is 10.7. The van der Waals surface area contributed by atoms with Crippen molar-refractivity contribution >= 4 is 29.1 Å². The minimum absolute atomic E-state index is 0.159. The second kappa shape index (κ2) is 9.24. The predicted octanol–water partition coefficient (Wildman–Crippen LogP) is 5.32. The van der Waals surface area contributed by atoms with Crippen LogP contribution < -0.4 is 15.4 Å². The molecule has 0 saturated carbocycles. The lowest BCUT2D eigenvalue weighted by molar-refractivity contribution is 0.242. The highest BCUT2D eigenvalue weighted by Crippen LogP contribution is 2.20. The van der Waals surface area contributed by atoms with Gasteiger partial charge in [0.2, 0.25) is 5.95 Å². The molecule has 3 rings (SSSR count). The molecule has 0 fully saturated rings. The average molecular weight is 383 g/mol. The van der Waals surface area contributed by atoms with Crippen molar-refractivity contribution in [2.75, 3.05) is 17.2 Å². The van der Waals surface area contributed by atoms with Crippen LogP contribution in [0.5, 0.6) is 5.75 Å². The predicted molar refractivity (Wildman–Crippen MR) is 111 cm³/mol. The highest BCUT2D eigenvalue weighted by atomic mass is 35.5. The summed E-state index contributed by atoms with van der Waals surface area (Å²) >= 11 is 5.91. The first kappa shape index (κ1) is 19.0. The maximum absolute atomic E-state index is 5.91. The fraction of sp³-hybridized carbons (Fsp3) is 0.238. The van der Waals surface area contributed by atoms with Crippen molar-refractivity contribution < 1.29 is 4.74 Å². The summed E-state index contributed by atoms with van der Waals surface area (Å²) < 4.78 is 5.66. The van der Waals surface area contributed by atoms with Crippen LogP contribution in [-0.4, -0.2) is 22.6 Å². The highest BCUT2D eigenvalue weighted by molar-refractivity contribution is 6.30. The Labute approximate surface area is 164 Å². The van der Waals surface area contributed by atoms with Crippen LogP contribution in [0.2, 0.25) is 5.02 Å². The van der Waals surface area contributed by atoms with E-state index in [0.29, 0.717) is 5.95 Å². The molecule has 140 valence electrons. The smallest absolute Gasteiger partial charge is 0.224 e. The van der Waals surface area contributed by atoms with Crippen molar-refractivity contribution in [3.63, 3.8) is 0 Å². The molecule has 0 aliphatic carbocycles. The van der Waals surface area contributed by atoms with Gasteiger partial charge in [0.25, 0.3) is 0 Å². The lowest BCUT2D eigenvalue weighted by Gasteiger charge is -2.11. The van der Waals surface area contributed by atoms with Gasteiger partial charge in [0.1, 0.15) is 11.6 Å². The molecule has 0 bridgehead atoms. The Balaban J connectivity index is 1.54. The molecule has 2 aromatic carbocycles. The molecule has 0 radical (unpaired) electrons. The Morgan fingerprint density at radius 1 is 1.00 bits per heavy atom. The van der Waals surface area contributed by atoms with Gasteiger partial charge in [-0.25, -0.2) is 4.98 Å². The molecule has 0 spiro atoms. The highest BCUT2D eigenvalue weighted by Gasteiger charge is 2.02. The van der Waals surface area contributed by atoms with Crippen LogP contribution in [0.1, 0.15) is 19.4 Å². The second-order valence-electron chi connectivity index (χ2n) is 6.38. The SMILES string of the molecule is CC(C)Oc1ccc(Nc2ccnc(NCCc3ccc(Cl)cc3)n2)cc1. The standard InChI is InChI=1S/C21H23ClN4O/c1-15(2)27-19-9-7-18(8-10-19)25-20-12-14-24-21(26-20)23-13-11-16-3-5-17(22)6-4-16/h3-10,12,14-15H,11,13H2,1-2H3,(H2,23,24,25,26). The van der Waals surface area contributed by atoms with Crippen LogP contribution in [0.4, 0.5) is 17.5 Å².